The molecule has 6 nitrogen and oxygen atoms in total. The molecule has 0 amide bonds. The number of nitrogens with zero attached hydrogens (tertiary/aromatic N) is 1. The van der Waals surface area contributed by atoms with Gasteiger partial charge in [0.1, 0.15) is 0 Å². The first-order chi connectivity index (χ1) is 13.1. The van der Waals surface area contributed by atoms with Crippen LogP contribution in [0.5, 0.6) is 0 Å². The highest BCUT2D eigenvalue weighted by molar-refractivity contribution is 7.80. The van der Waals surface area contributed by atoms with Crippen LogP contribution in [-0.4, -0.2) is 53.5 Å². The van der Waals surface area contributed by atoms with Crippen molar-refractivity contribution < 1.29 is 9.84 Å². The van der Waals surface area contributed by atoms with Gasteiger partial charge in [-0.25, -0.2) is 0 Å². The van der Waals surface area contributed by atoms with Crippen molar-refractivity contribution in [3.8, 4) is 0 Å². The second-order valence-corrected chi connectivity index (χ2v) is 6.86. The smallest absolute Gasteiger partial charge is 0.253 e. The van der Waals surface area contributed by atoms with Crippen molar-refractivity contribution in [2.45, 2.75) is 32.7 Å². The Hall–Kier alpha value is -1.96. The number of aliphatic hydroxyl groups excluding tert-OH is 1. The van der Waals surface area contributed by atoms with Crippen molar-refractivity contribution in [2.75, 3.05) is 33.4 Å². The molecule has 1 aromatic carbocycles. The minimum absolute atomic E-state index is 0.0801. The molecule has 0 radical (unpaired) electrons. The van der Waals surface area contributed by atoms with E-state index in [1.165, 1.54) is 5.56 Å². The molecule has 3 N–H and O–H groups in total. The van der Waals surface area contributed by atoms with Crippen LogP contribution in [0.4, 0.5) is 0 Å². The average molecular weight is 392 g/mol. The van der Waals surface area contributed by atoms with Gasteiger partial charge in [0.25, 0.3) is 5.56 Å². The highest BCUT2D eigenvalue weighted by atomic mass is 32.1. The van der Waals surface area contributed by atoms with Crippen LogP contribution in [-0.2, 0) is 17.7 Å². The number of pyridine rings is 1. The number of hydrogen-bond donors (Lipinski definition) is 3. The number of hydrogen-bond acceptors (Lipinski definition) is 4. The number of rotatable bonds is 10. The summed E-state index contributed by atoms with van der Waals surface area (Å²) in [5, 5.41) is 14.0. The zero-order chi connectivity index (χ0) is 19.6. The van der Waals surface area contributed by atoms with E-state index in [0.29, 0.717) is 43.3 Å². The largest absolute Gasteiger partial charge is 0.396 e. The van der Waals surface area contributed by atoms with E-state index in [0.717, 1.165) is 23.7 Å². The first-order valence-corrected chi connectivity index (χ1v) is 9.77. The molecule has 0 saturated heterocycles. The van der Waals surface area contributed by atoms with Crippen molar-refractivity contribution in [1.29, 1.82) is 0 Å². The van der Waals surface area contributed by atoms with Gasteiger partial charge in [-0.3, -0.25) is 4.79 Å². The molecule has 0 aliphatic carbocycles. The molecule has 0 unspecified atom stereocenters. The Morgan fingerprint density at radius 1 is 1.33 bits per heavy atom. The van der Waals surface area contributed by atoms with E-state index < -0.39 is 0 Å². The minimum atomic E-state index is -0.108. The van der Waals surface area contributed by atoms with Gasteiger partial charge in [0.15, 0.2) is 5.11 Å². The number of aliphatic hydroxyl groups is 1. The van der Waals surface area contributed by atoms with Crippen LogP contribution in [0.25, 0.3) is 10.9 Å². The lowest BCUT2D eigenvalue weighted by molar-refractivity contribution is 0.195. The van der Waals surface area contributed by atoms with E-state index in [2.05, 4.69) is 23.3 Å². The van der Waals surface area contributed by atoms with Gasteiger partial charge in [-0.15, -0.1) is 0 Å². The second-order valence-electron chi connectivity index (χ2n) is 6.48. The quantitative estimate of drug-likeness (QED) is 0.426. The van der Waals surface area contributed by atoms with E-state index in [-0.39, 0.29) is 12.2 Å². The zero-order valence-electron chi connectivity index (χ0n) is 16.1. The predicted octanol–water partition coefficient (Wildman–Crippen LogP) is 2.19. The molecule has 0 bridgehead atoms. The Morgan fingerprint density at radius 2 is 2.15 bits per heavy atom. The number of nitrogens with one attached hydrogen (secondary N) is 2. The predicted molar refractivity (Wildman–Crippen MR) is 113 cm³/mol. The fraction of sp³-hybridized carbons (Fsp3) is 0.500. The molecule has 0 spiro atoms. The van der Waals surface area contributed by atoms with Crippen LogP contribution in [0.15, 0.2) is 29.1 Å². The topological polar surface area (TPSA) is 77.6 Å². The summed E-state index contributed by atoms with van der Waals surface area (Å²) in [4.78, 5) is 17.4. The molecule has 7 heteroatoms. The third kappa shape index (κ3) is 6.30. The maximum atomic E-state index is 12.5. The van der Waals surface area contributed by atoms with E-state index in [1.54, 1.807) is 7.11 Å². The van der Waals surface area contributed by atoms with E-state index in [1.807, 2.05) is 23.1 Å². The summed E-state index contributed by atoms with van der Waals surface area (Å²) in [6.45, 7) is 4.54. The molecule has 0 aliphatic rings. The van der Waals surface area contributed by atoms with Crippen molar-refractivity contribution in [2.24, 2.45) is 0 Å². The molecular formula is C20H29N3O3S. The molecule has 2 rings (SSSR count). The van der Waals surface area contributed by atoms with E-state index in [9.17, 15) is 9.90 Å². The zero-order valence-corrected chi connectivity index (χ0v) is 16.9. The summed E-state index contributed by atoms with van der Waals surface area (Å²) < 4.78 is 5.04. The summed E-state index contributed by atoms with van der Waals surface area (Å²) in [6, 6.07) is 8.02. The maximum Gasteiger partial charge on any atom is 0.253 e. The van der Waals surface area contributed by atoms with Crippen molar-refractivity contribution in [1.82, 2.24) is 15.2 Å². The highest BCUT2D eigenvalue weighted by Gasteiger charge is 2.13. The number of H-pyrrole nitrogens is 1. The number of fused-ring (bicyclic) bond motifs is 1. The monoisotopic (exact) mass is 391 g/mol. The minimum Gasteiger partial charge on any atom is -0.396 e. The van der Waals surface area contributed by atoms with Gasteiger partial charge in [-0.1, -0.05) is 13.0 Å². The molecule has 1 heterocycles. The number of ether oxygens (including phenoxy) is 1. The van der Waals surface area contributed by atoms with Crippen LogP contribution >= 0.6 is 12.2 Å². The fourth-order valence-electron chi connectivity index (χ4n) is 2.88. The lowest BCUT2D eigenvalue weighted by Gasteiger charge is -2.25. The maximum absolute atomic E-state index is 12.5. The lowest BCUT2D eigenvalue weighted by atomic mass is 10.1. The Morgan fingerprint density at radius 3 is 2.85 bits per heavy atom. The summed E-state index contributed by atoms with van der Waals surface area (Å²) in [5.74, 6) is 0. The highest BCUT2D eigenvalue weighted by Crippen LogP contribution is 2.15. The van der Waals surface area contributed by atoms with Gasteiger partial charge in [-0.05, 0) is 60.6 Å². The molecule has 1 aromatic heterocycles. The second kappa shape index (κ2) is 11.0. The summed E-state index contributed by atoms with van der Waals surface area (Å²) in [5.41, 5.74) is 2.62. The van der Waals surface area contributed by atoms with Gasteiger partial charge in [0.05, 0.1) is 6.54 Å². The summed E-state index contributed by atoms with van der Waals surface area (Å²) in [6.07, 6.45) is 2.38. The third-order valence-electron chi connectivity index (χ3n) is 4.43. The number of aromatic amines is 1. The Kier molecular flexibility index (Phi) is 8.71. The van der Waals surface area contributed by atoms with Crippen LogP contribution in [0.2, 0.25) is 0 Å². The fourth-order valence-corrected chi connectivity index (χ4v) is 3.14. The number of methoxy groups -OCH3 is 1. The van der Waals surface area contributed by atoms with Gasteiger partial charge in [-0.2, -0.15) is 0 Å². The number of thiocarbonyl (C=S) groups is 1. The van der Waals surface area contributed by atoms with Crippen LogP contribution in [0.3, 0.4) is 0 Å². The Bertz CT molecular complexity index is 807. The van der Waals surface area contributed by atoms with Gasteiger partial charge < -0.3 is 25.0 Å². The average Bonchev–Trinajstić information content (AvgIpc) is 2.68. The molecule has 0 saturated carbocycles. The Balaban J connectivity index is 2.18. The SMILES string of the molecule is CCc1ccc2[nH]c(=O)c(CN(CCCO)C(=S)NCCCOC)cc2c1. The standard InChI is InChI=1S/C20H29N3O3S/c1-3-15-6-7-18-16(12-15)13-17(19(25)22-18)14-23(9-5-10-24)20(27)21-8-4-11-26-2/h6-7,12-13,24H,3-5,8-11,14H2,1-2H3,(H,21,27)(H,22,25). The van der Waals surface area contributed by atoms with Crippen LogP contribution < -0.4 is 10.9 Å². The normalized spacial score (nSPS) is 10.9. The number of benzene rings is 1. The first-order valence-electron chi connectivity index (χ1n) is 9.36. The first kappa shape index (κ1) is 21.3. The molecule has 2 aromatic rings. The van der Waals surface area contributed by atoms with Crippen LogP contribution in [0.1, 0.15) is 30.9 Å². The summed E-state index contributed by atoms with van der Waals surface area (Å²) in [7, 11) is 1.67. The van der Waals surface area contributed by atoms with Gasteiger partial charge >= 0.3 is 0 Å². The van der Waals surface area contributed by atoms with E-state index in [4.69, 9.17) is 17.0 Å². The molecule has 27 heavy (non-hydrogen) atoms. The number of aromatic nitrogens is 1. The molecule has 0 atom stereocenters. The third-order valence-corrected chi connectivity index (χ3v) is 4.83. The van der Waals surface area contributed by atoms with Crippen molar-refractivity contribution >= 4 is 28.2 Å². The van der Waals surface area contributed by atoms with Crippen molar-refractivity contribution in [3.63, 3.8) is 0 Å². The van der Waals surface area contributed by atoms with Crippen molar-refractivity contribution in [3.05, 3.63) is 45.7 Å². The van der Waals surface area contributed by atoms with Gasteiger partial charge in [0.2, 0.25) is 0 Å². The van der Waals surface area contributed by atoms with Crippen LogP contribution in [0, 0.1) is 0 Å². The molecule has 0 fully saturated rings. The summed E-state index contributed by atoms with van der Waals surface area (Å²) >= 11 is 5.50. The van der Waals surface area contributed by atoms with E-state index >= 15 is 0 Å². The molecular weight excluding hydrogens is 362 g/mol. The Labute approximate surface area is 165 Å². The molecule has 0 aliphatic heterocycles. The van der Waals surface area contributed by atoms with Gasteiger partial charge in [0, 0.05) is 44.5 Å². The lowest BCUT2D eigenvalue weighted by Crippen LogP contribution is -2.41. The molecule has 148 valence electrons. The number of aryl methyl sites for hydroxylation is 1.